The van der Waals surface area contributed by atoms with Crippen LogP contribution >= 0.6 is 0 Å². The molecule has 0 spiro atoms. The zero-order valence-corrected chi connectivity index (χ0v) is 14.0. The van der Waals surface area contributed by atoms with E-state index in [0.29, 0.717) is 12.0 Å². The first-order chi connectivity index (χ1) is 12.7. The summed E-state index contributed by atoms with van der Waals surface area (Å²) in [7, 11) is 0. The topological polar surface area (TPSA) is 75.6 Å². The van der Waals surface area contributed by atoms with Crippen LogP contribution in [-0.4, -0.2) is 23.3 Å². The number of carboxylic acid groups (broad SMARTS) is 1. The summed E-state index contributed by atoms with van der Waals surface area (Å²) in [5.41, 5.74) is 1.24. The maximum Gasteiger partial charge on any atom is 0.573 e. The van der Waals surface area contributed by atoms with Crippen LogP contribution in [0.1, 0.15) is 33.8 Å². The number of alkyl halides is 3. The summed E-state index contributed by atoms with van der Waals surface area (Å²) in [5.74, 6) is -2.32. The van der Waals surface area contributed by atoms with Crippen LogP contribution in [0.5, 0.6) is 5.75 Å². The first kappa shape index (κ1) is 18.8. The van der Waals surface area contributed by atoms with E-state index in [9.17, 15) is 22.8 Å². The molecule has 2 aromatic carbocycles. The number of halogens is 3. The molecule has 3 rings (SSSR count). The van der Waals surface area contributed by atoms with Crippen molar-refractivity contribution >= 4 is 11.9 Å². The highest BCUT2D eigenvalue weighted by atomic mass is 19.4. The summed E-state index contributed by atoms with van der Waals surface area (Å²) >= 11 is 0. The molecule has 1 amide bonds. The minimum atomic E-state index is -4.79. The fraction of sp³-hybridized carbons (Fsp3) is 0.263. The molecule has 0 saturated heterocycles. The zero-order valence-electron chi connectivity index (χ0n) is 14.0. The number of carboxylic acids is 1. The van der Waals surface area contributed by atoms with Gasteiger partial charge in [-0.05, 0) is 41.7 Å². The van der Waals surface area contributed by atoms with Crippen LogP contribution in [0.15, 0.2) is 48.5 Å². The van der Waals surface area contributed by atoms with E-state index in [2.05, 4.69) is 10.1 Å². The van der Waals surface area contributed by atoms with Crippen molar-refractivity contribution in [2.24, 2.45) is 5.92 Å². The van der Waals surface area contributed by atoms with Gasteiger partial charge in [0.15, 0.2) is 0 Å². The number of hydrogen-bond donors (Lipinski definition) is 2. The number of carbonyl (C=O) groups excluding carboxylic acids is 1. The Morgan fingerprint density at radius 2 is 1.78 bits per heavy atom. The predicted octanol–water partition coefficient (Wildman–Crippen LogP) is 3.70. The number of nitrogens with one attached hydrogen (secondary N) is 1. The maximum atomic E-state index is 12.5. The van der Waals surface area contributed by atoms with Crippen LogP contribution in [0.25, 0.3) is 0 Å². The van der Waals surface area contributed by atoms with Crippen LogP contribution < -0.4 is 10.1 Å². The summed E-state index contributed by atoms with van der Waals surface area (Å²) < 4.78 is 41.6. The molecule has 5 nitrogen and oxygen atoms in total. The van der Waals surface area contributed by atoms with Crippen molar-refractivity contribution in [3.8, 4) is 5.75 Å². The first-order valence-corrected chi connectivity index (χ1v) is 8.19. The minimum absolute atomic E-state index is 0.147. The van der Waals surface area contributed by atoms with Gasteiger partial charge in [0, 0.05) is 12.5 Å². The number of ether oxygens (including phenoxy) is 1. The zero-order chi connectivity index (χ0) is 19.6. The summed E-state index contributed by atoms with van der Waals surface area (Å²) in [6.45, 7) is 0.211. The first-order valence-electron chi connectivity index (χ1n) is 8.19. The Kier molecular flexibility index (Phi) is 5.07. The number of hydrogen-bond acceptors (Lipinski definition) is 3. The van der Waals surface area contributed by atoms with Gasteiger partial charge in [0.25, 0.3) is 0 Å². The summed E-state index contributed by atoms with van der Waals surface area (Å²) in [6, 6.07) is 11.9. The van der Waals surface area contributed by atoms with Gasteiger partial charge in [-0.1, -0.05) is 30.3 Å². The summed E-state index contributed by atoms with van der Waals surface area (Å²) in [4.78, 5) is 23.1. The van der Waals surface area contributed by atoms with Gasteiger partial charge in [0.2, 0.25) is 5.91 Å². The average molecular weight is 379 g/mol. The van der Waals surface area contributed by atoms with Crippen molar-refractivity contribution in [1.82, 2.24) is 5.32 Å². The van der Waals surface area contributed by atoms with E-state index in [4.69, 9.17) is 5.11 Å². The quantitative estimate of drug-likeness (QED) is 0.803. The minimum Gasteiger partial charge on any atom is -0.478 e. The van der Waals surface area contributed by atoms with Crippen LogP contribution in [-0.2, 0) is 11.3 Å². The van der Waals surface area contributed by atoms with Crippen LogP contribution in [0, 0.1) is 5.92 Å². The molecular formula is C19H16F3NO4. The summed E-state index contributed by atoms with van der Waals surface area (Å²) in [5, 5.41) is 11.6. The Morgan fingerprint density at radius 1 is 1.11 bits per heavy atom. The molecule has 1 saturated carbocycles. The molecule has 2 atom stereocenters. The van der Waals surface area contributed by atoms with E-state index in [0.717, 1.165) is 5.56 Å². The summed E-state index contributed by atoms with van der Waals surface area (Å²) in [6.07, 6.45) is -4.34. The third kappa shape index (κ3) is 4.78. The highest BCUT2D eigenvalue weighted by Gasteiger charge is 2.46. The Hall–Kier alpha value is -3.03. The monoisotopic (exact) mass is 379 g/mol. The Bertz CT molecular complexity index is 849. The van der Waals surface area contributed by atoms with Gasteiger partial charge in [-0.25, -0.2) is 4.79 Å². The maximum absolute atomic E-state index is 12.5. The van der Waals surface area contributed by atoms with Crippen LogP contribution in [0.3, 0.4) is 0 Å². The fourth-order valence-electron chi connectivity index (χ4n) is 2.92. The number of amides is 1. The van der Waals surface area contributed by atoms with E-state index in [-0.39, 0.29) is 29.7 Å². The van der Waals surface area contributed by atoms with Crippen LogP contribution in [0.2, 0.25) is 0 Å². The molecule has 0 radical (unpaired) electrons. The lowest BCUT2D eigenvalue weighted by molar-refractivity contribution is -0.274. The number of benzene rings is 2. The molecule has 0 bridgehead atoms. The average Bonchev–Trinajstić information content (AvgIpc) is 3.40. The van der Waals surface area contributed by atoms with Gasteiger partial charge in [-0.3, -0.25) is 4.79 Å². The molecule has 142 valence electrons. The molecule has 0 heterocycles. The van der Waals surface area contributed by atoms with Crippen molar-refractivity contribution in [1.29, 1.82) is 0 Å². The molecule has 1 aliphatic rings. The largest absolute Gasteiger partial charge is 0.573 e. The highest BCUT2D eigenvalue weighted by Crippen LogP contribution is 2.51. The molecule has 0 aromatic heterocycles. The highest BCUT2D eigenvalue weighted by molar-refractivity contribution is 5.87. The molecule has 2 unspecified atom stereocenters. The second kappa shape index (κ2) is 7.30. The van der Waals surface area contributed by atoms with Crippen LogP contribution in [0.4, 0.5) is 13.2 Å². The lowest BCUT2D eigenvalue weighted by atomic mass is 10.1. The second-order valence-electron chi connectivity index (χ2n) is 6.25. The van der Waals surface area contributed by atoms with Crippen molar-refractivity contribution in [3.05, 3.63) is 65.2 Å². The van der Waals surface area contributed by atoms with E-state index in [1.54, 1.807) is 18.2 Å². The molecule has 1 fully saturated rings. The second-order valence-corrected chi connectivity index (χ2v) is 6.25. The lowest BCUT2D eigenvalue weighted by Crippen LogP contribution is -2.25. The van der Waals surface area contributed by atoms with E-state index < -0.39 is 18.2 Å². The van der Waals surface area contributed by atoms with Crippen molar-refractivity contribution in [3.63, 3.8) is 0 Å². The predicted molar refractivity (Wildman–Crippen MR) is 89.2 cm³/mol. The molecular weight excluding hydrogens is 363 g/mol. The Labute approximate surface area is 152 Å². The third-order valence-corrected chi connectivity index (χ3v) is 4.34. The molecule has 8 heteroatoms. The Balaban J connectivity index is 1.59. The molecule has 0 aliphatic heterocycles. The number of para-hydroxylation sites is 1. The van der Waals surface area contributed by atoms with Gasteiger partial charge in [0.05, 0.1) is 5.56 Å². The Morgan fingerprint density at radius 3 is 2.41 bits per heavy atom. The lowest BCUT2D eigenvalue weighted by Gasteiger charge is -2.13. The fourth-order valence-corrected chi connectivity index (χ4v) is 2.92. The van der Waals surface area contributed by atoms with Gasteiger partial charge in [-0.15, -0.1) is 13.2 Å². The third-order valence-electron chi connectivity index (χ3n) is 4.34. The SMILES string of the molecule is O=C(O)c1ccc(CNC(=O)C2CC2c2ccccc2OC(F)(F)F)cc1. The standard InChI is InChI=1S/C19H16F3NO4/c20-19(21,22)27-16-4-2-1-3-13(16)14-9-15(14)17(24)23-10-11-5-7-12(8-6-11)18(25)26/h1-8,14-15H,9-10H2,(H,23,24)(H,25,26). The number of rotatable bonds is 6. The van der Waals surface area contributed by atoms with Gasteiger partial charge in [-0.2, -0.15) is 0 Å². The van der Waals surface area contributed by atoms with E-state index in [1.165, 1.54) is 30.3 Å². The van der Waals surface area contributed by atoms with Gasteiger partial charge >= 0.3 is 12.3 Å². The molecule has 2 aromatic rings. The van der Waals surface area contributed by atoms with Crippen molar-refractivity contribution < 1.29 is 32.6 Å². The molecule has 2 N–H and O–H groups in total. The number of aromatic carboxylic acids is 1. The van der Waals surface area contributed by atoms with E-state index >= 15 is 0 Å². The van der Waals surface area contributed by atoms with Crippen molar-refractivity contribution in [2.75, 3.05) is 0 Å². The van der Waals surface area contributed by atoms with Crippen molar-refractivity contribution in [2.45, 2.75) is 25.2 Å². The van der Waals surface area contributed by atoms with E-state index in [1.807, 2.05) is 0 Å². The molecule has 1 aliphatic carbocycles. The normalized spacial score (nSPS) is 18.6. The number of carbonyl (C=O) groups is 2. The smallest absolute Gasteiger partial charge is 0.478 e. The van der Waals surface area contributed by atoms with Gasteiger partial charge in [0.1, 0.15) is 5.75 Å². The molecule has 27 heavy (non-hydrogen) atoms. The van der Waals surface area contributed by atoms with Gasteiger partial charge < -0.3 is 15.2 Å².